The van der Waals surface area contributed by atoms with E-state index in [1.165, 1.54) is 24.8 Å². The highest BCUT2D eigenvalue weighted by atomic mass is 16.5. The van der Waals surface area contributed by atoms with Gasteiger partial charge in [0, 0.05) is 13.1 Å². The molecule has 168 valence electrons. The quantitative estimate of drug-likeness (QED) is 0.659. The van der Waals surface area contributed by atoms with Gasteiger partial charge in [0.15, 0.2) is 0 Å². The van der Waals surface area contributed by atoms with Crippen molar-refractivity contribution in [3.63, 3.8) is 0 Å². The van der Waals surface area contributed by atoms with Crippen LogP contribution in [0.25, 0.3) is 0 Å². The lowest BCUT2D eigenvalue weighted by atomic mass is 9.42. The van der Waals surface area contributed by atoms with Crippen LogP contribution in [0.4, 0.5) is 0 Å². The monoisotopic (exact) mass is 425 g/mol. The molecule has 2 unspecified atom stereocenters. The summed E-state index contributed by atoms with van der Waals surface area (Å²) in [5, 5.41) is 0. The van der Waals surface area contributed by atoms with E-state index in [-0.39, 0.29) is 22.7 Å². The molecule has 1 aromatic rings. The number of likely N-dealkylation sites (tertiary alicyclic amines) is 1. The minimum Gasteiger partial charge on any atom is -0.497 e. The Kier molecular flexibility index (Phi) is 5.26. The zero-order chi connectivity index (χ0) is 21.6. The molecular weight excluding hydrogens is 390 g/mol. The normalized spacial score (nSPS) is 36.3. The summed E-state index contributed by atoms with van der Waals surface area (Å²) in [6.07, 6.45) is 8.42. The van der Waals surface area contributed by atoms with E-state index >= 15 is 0 Å². The predicted octanol–water partition coefficient (Wildman–Crippen LogP) is 4.33. The van der Waals surface area contributed by atoms with Gasteiger partial charge in [-0.15, -0.1) is 0 Å². The fourth-order valence-electron chi connectivity index (χ4n) is 7.74. The molecular formula is C26H35NO4. The molecule has 5 nitrogen and oxygen atoms in total. The van der Waals surface area contributed by atoms with E-state index in [1.807, 2.05) is 11.8 Å². The third kappa shape index (κ3) is 3.54. The Morgan fingerprint density at radius 1 is 1.10 bits per heavy atom. The molecule has 1 amide bonds. The SMILES string of the molecule is CCOC(=O)[C@@H]1CCCN(C(=O)C23C[C@H]4C[C@@H](C2)CC(c2ccc(OC)cc2)(C4)C3)C1. The maximum absolute atomic E-state index is 14.0. The summed E-state index contributed by atoms with van der Waals surface area (Å²) in [5.74, 6) is 2.17. The average Bonchev–Trinajstić information content (AvgIpc) is 2.78. The number of ether oxygens (including phenoxy) is 2. The molecule has 4 saturated carbocycles. The van der Waals surface area contributed by atoms with Gasteiger partial charge in [-0.05, 0) is 93.2 Å². The van der Waals surface area contributed by atoms with Gasteiger partial charge in [-0.25, -0.2) is 0 Å². The van der Waals surface area contributed by atoms with Crippen LogP contribution in [0.1, 0.15) is 63.9 Å². The van der Waals surface area contributed by atoms with Gasteiger partial charge in [0.2, 0.25) is 5.91 Å². The Hall–Kier alpha value is -2.04. The van der Waals surface area contributed by atoms with Crippen molar-refractivity contribution in [1.29, 1.82) is 0 Å². The molecule has 31 heavy (non-hydrogen) atoms. The molecule has 0 radical (unpaired) electrons. The zero-order valence-electron chi connectivity index (χ0n) is 18.9. The molecule has 0 spiro atoms. The van der Waals surface area contributed by atoms with Crippen LogP contribution < -0.4 is 4.74 Å². The molecule has 1 aromatic carbocycles. The number of piperidine rings is 1. The maximum atomic E-state index is 14.0. The Balaban J connectivity index is 1.40. The van der Waals surface area contributed by atoms with Crippen molar-refractivity contribution < 1.29 is 19.1 Å². The summed E-state index contributed by atoms with van der Waals surface area (Å²) in [7, 11) is 1.70. The first-order chi connectivity index (χ1) is 15.0. The van der Waals surface area contributed by atoms with Gasteiger partial charge in [0.25, 0.3) is 0 Å². The van der Waals surface area contributed by atoms with E-state index in [4.69, 9.17) is 9.47 Å². The fraction of sp³-hybridized carbons (Fsp3) is 0.692. The Labute approximate surface area is 185 Å². The molecule has 0 N–H and O–H groups in total. The molecule has 5 aliphatic rings. The zero-order valence-corrected chi connectivity index (χ0v) is 18.9. The summed E-state index contributed by atoms with van der Waals surface area (Å²) in [5.41, 5.74) is 1.24. The van der Waals surface area contributed by atoms with Gasteiger partial charge >= 0.3 is 5.97 Å². The third-order valence-corrected chi connectivity index (χ3v) is 8.55. The van der Waals surface area contributed by atoms with Gasteiger partial charge in [-0.3, -0.25) is 9.59 Å². The first kappa shape index (κ1) is 20.8. The smallest absolute Gasteiger partial charge is 0.310 e. The van der Waals surface area contributed by atoms with E-state index in [1.54, 1.807) is 7.11 Å². The second-order valence-electron chi connectivity index (χ2n) is 10.6. The lowest BCUT2D eigenvalue weighted by Crippen LogP contribution is -2.60. The Morgan fingerprint density at radius 2 is 1.81 bits per heavy atom. The number of hydrogen-bond acceptors (Lipinski definition) is 4. The summed E-state index contributed by atoms with van der Waals surface area (Å²) in [6, 6.07) is 8.58. The van der Waals surface area contributed by atoms with Crippen LogP contribution >= 0.6 is 0 Å². The number of esters is 1. The largest absolute Gasteiger partial charge is 0.497 e. The molecule has 1 heterocycles. The molecule has 6 rings (SSSR count). The Bertz CT molecular complexity index is 833. The molecule has 5 fully saturated rings. The van der Waals surface area contributed by atoms with Gasteiger partial charge in [-0.1, -0.05) is 12.1 Å². The van der Waals surface area contributed by atoms with Gasteiger partial charge in [0.1, 0.15) is 5.75 Å². The topological polar surface area (TPSA) is 55.8 Å². The number of carbonyl (C=O) groups excluding carboxylic acids is 2. The molecule has 5 heteroatoms. The molecule has 4 bridgehead atoms. The van der Waals surface area contributed by atoms with Crippen molar-refractivity contribution >= 4 is 11.9 Å². The van der Waals surface area contributed by atoms with Crippen LogP contribution in [0, 0.1) is 23.2 Å². The number of amides is 1. The number of methoxy groups -OCH3 is 1. The fourth-order valence-corrected chi connectivity index (χ4v) is 7.74. The van der Waals surface area contributed by atoms with E-state index < -0.39 is 0 Å². The summed E-state index contributed by atoms with van der Waals surface area (Å²) in [6.45, 7) is 3.56. The van der Waals surface area contributed by atoms with E-state index in [2.05, 4.69) is 24.3 Å². The molecule has 4 aliphatic carbocycles. The minimum absolute atomic E-state index is 0.113. The maximum Gasteiger partial charge on any atom is 0.310 e. The third-order valence-electron chi connectivity index (χ3n) is 8.55. The average molecular weight is 426 g/mol. The highest BCUT2D eigenvalue weighted by Gasteiger charge is 2.61. The number of hydrogen-bond donors (Lipinski definition) is 0. The van der Waals surface area contributed by atoms with Crippen LogP contribution in [0.2, 0.25) is 0 Å². The van der Waals surface area contributed by atoms with E-state index in [9.17, 15) is 9.59 Å². The summed E-state index contributed by atoms with van der Waals surface area (Å²) in [4.78, 5) is 28.4. The second-order valence-corrected chi connectivity index (χ2v) is 10.6. The van der Waals surface area contributed by atoms with Crippen molar-refractivity contribution in [2.75, 3.05) is 26.8 Å². The van der Waals surface area contributed by atoms with Crippen molar-refractivity contribution in [3.05, 3.63) is 29.8 Å². The first-order valence-electron chi connectivity index (χ1n) is 12.1. The second kappa shape index (κ2) is 7.83. The van der Waals surface area contributed by atoms with E-state index in [0.717, 1.165) is 44.4 Å². The number of nitrogens with zero attached hydrogens (tertiary/aromatic N) is 1. The van der Waals surface area contributed by atoms with Gasteiger partial charge in [-0.2, -0.15) is 0 Å². The lowest BCUT2D eigenvalue weighted by Gasteiger charge is -2.62. The van der Waals surface area contributed by atoms with Gasteiger partial charge in [0.05, 0.1) is 25.0 Å². The number of rotatable bonds is 5. The van der Waals surface area contributed by atoms with Crippen molar-refractivity contribution in [2.45, 2.75) is 63.7 Å². The Morgan fingerprint density at radius 3 is 2.45 bits per heavy atom. The number of benzene rings is 1. The van der Waals surface area contributed by atoms with Crippen LogP contribution in [-0.4, -0.2) is 43.6 Å². The summed E-state index contributed by atoms with van der Waals surface area (Å²) >= 11 is 0. The molecule has 1 aliphatic heterocycles. The van der Waals surface area contributed by atoms with Crippen LogP contribution in [0.15, 0.2) is 24.3 Å². The van der Waals surface area contributed by atoms with Crippen LogP contribution in [-0.2, 0) is 19.7 Å². The standard InChI is InChI=1S/C26H35NO4/c1-3-31-23(28)20-5-4-10-27(16-20)24(29)26-14-18-11-19(15-26)13-25(12-18,17-26)21-6-8-22(30-2)9-7-21/h6-9,18-20H,3-5,10-17H2,1-2H3/t18-,19+,20-,25?,26?/m1/s1. The van der Waals surface area contributed by atoms with Crippen molar-refractivity contribution in [2.24, 2.45) is 23.2 Å². The van der Waals surface area contributed by atoms with E-state index in [0.29, 0.717) is 30.9 Å². The number of carbonyl (C=O) groups is 2. The molecule has 1 saturated heterocycles. The minimum atomic E-state index is -0.249. The van der Waals surface area contributed by atoms with Crippen molar-refractivity contribution in [1.82, 2.24) is 4.90 Å². The molecule has 5 atom stereocenters. The highest BCUT2D eigenvalue weighted by molar-refractivity contribution is 5.84. The molecule has 0 aromatic heterocycles. The highest BCUT2D eigenvalue weighted by Crippen LogP contribution is 2.66. The predicted molar refractivity (Wildman–Crippen MR) is 118 cm³/mol. The summed E-state index contributed by atoms with van der Waals surface area (Å²) < 4.78 is 10.6. The van der Waals surface area contributed by atoms with Crippen LogP contribution in [0.5, 0.6) is 5.75 Å². The lowest BCUT2D eigenvalue weighted by molar-refractivity contribution is -0.164. The van der Waals surface area contributed by atoms with Gasteiger partial charge < -0.3 is 14.4 Å². The van der Waals surface area contributed by atoms with Crippen molar-refractivity contribution in [3.8, 4) is 5.75 Å². The first-order valence-corrected chi connectivity index (χ1v) is 12.1. The van der Waals surface area contributed by atoms with Crippen LogP contribution in [0.3, 0.4) is 0 Å².